The van der Waals surface area contributed by atoms with Crippen molar-refractivity contribution in [3.05, 3.63) is 29.1 Å². The van der Waals surface area contributed by atoms with Gasteiger partial charge in [0.25, 0.3) is 0 Å². The standard InChI is InChI=1S/C13H16N2O3/c16-10-2-1-5-15(7-10)6-9-3-4-11-12(14-9)8-18-13(11)17/h3-4,10,16H,1-2,5-8H2. The van der Waals surface area contributed by atoms with Crippen molar-refractivity contribution >= 4 is 5.97 Å². The molecule has 2 aliphatic rings. The Labute approximate surface area is 105 Å². The topological polar surface area (TPSA) is 62.7 Å². The van der Waals surface area contributed by atoms with E-state index in [2.05, 4.69) is 9.88 Å². The normalized spacial score (nSPS) is 23.8. The summed E-state index contributed by atoms with van der Waals surface area (Å²) in [6.45, 7) is 2.70. The SMILES string of the molecule is O=C1OCc2nc(CN3CCCC(O)C3)ccc21. The first-order valence-corrected chi connectivity index (χ1v) is 6.29. The quantitative estimate of drug-likeness (QED) is 0.781. The monoisotopic (exact) mass is 248 g/mol. The fourth-order valence-corrected chi connectivity index (χ4v) is 2.55. The Morgan fingerprint density at radius 2 is 2.39 bits per heavy atom. The van der Waals surface area contributed by atoms with Gasteiger partial charge in [-0.05, 0) is 31.5 Å². The van der Waals surface area contributed by atoms with Crippen molar-refractivity contribution in [2.75, 3.05) is 13.1 Å². The largest absolute Gasteiger partial charge is 0.456 e. The average Bonchev–Trinajstić information content (AvgIpc) is 2.71. The van der Waals surface area contributed by atoms with Gasteiger partial charge in [-0.2, -0.15) is 0 Å². The maximum atomic E-state index is 11.3. The van der Waals surface area contributed by atoms with Crippen LogP contribution in [0.3, 0.4) is 0 Å². The van der Waals surface area contributed by atoms with E-state index >= 15 is 0 Å². The average molecular weight is 248 g/mol. The number of aliphatic hydroxyl groups is 1. The number of pyridine rings is 1. The highest BCUT2D eigenvalue weighted by atomic mass is 16.5. The molecule has 0 saturated carbocycles. The number of aliphatic hydroxyl groups excluding tert-OH is 1. The Hall–Kier alpha value is -1.46. The molecule has 1 fully saturated rings. The number of hydrogen-bond donors (Lipinski definition) is 1. The van der Waals surface area contributed by atoms with Gasteiger partial charge in [0.05, 0.1) is 23.1 Å². The number of rotatable bonds is 2. The lowest BCUT2D eigenvalue weighted by Gasteiger charge is -2.29. The molecule has 96 valence electrons. The third-order valence-electron chi connectivity index (χ3n) is 3.46. The zero-order valence-electron chi connectivity index (χ0n) is 10.1. The summed E-state index contributed by atoms with van der Waals surface area (Å²) in [5.41, 5.74) is 2.24. The predicted octanol–water partition coefficient (Wildman–Crippen LogP) is 0.709. The Morgan fingerprint density at radius 1 is 1.50 bits per heavy atom. The first kappa shape index (κ1) is 11.6. The van der Waals surface area contributed by atoms with Crippen LogP contribution < -0.4 is 0 Å². The molecule has 0 radical (unpaired) electrons. The first-order chi connectivity index (χ1) is 8.72. The van der Waals surface area contributed by atoms with Crippen LogP contribution in [0.4, 0.5) is 0 Å². The minimum absolute atomic E-state index is 0.224. The van der Waals surface area contributed by atoms with E-state index in [0.29, 0.717) is 12.1 Å². The minimum atomic E-state index is -0.280. The molecule has 18 heavy (non-hydrogen) atoms. The third-order valence-corrected chi connectivity index (χ3v) is 3.46. The number of aromatic nitrogens is 1. The van der Waals surface area contributed by atoms with Crippen molar-refractivity contribution in [3.8, 4) is 0 Å². The van der Waals surface area contributed by atoms with Gasteiger partial charge in [-0.1, -0.05) is 0 Å². The van der Waals surface area contributed by atoms with Crippen LogP contribution in [0.25, 0.3) is 0 Å². The van der Waals surface area contributed by atoms with E-state index in [9.17, 15) is 9.90 Å². The number of piperidine rings is 1. The van der Waals surface area contributed by atoms with E-state index in [1.54, 1.807) is 6.07 Å². The van der Waals surface area contributed by atoms with Gasteiger partial charge in [0.15, 0.2) is 0 Å². The summed E-state index contributed by atoms with van der Waals surface area (Å²) in [6.07, 6.45) is 1.68. The van der Waals surface area contributed by atoms with E-state index in [1.165, 1.54) is 0 Å². The second-order valence-electron chi connectivity index (χ2n) is 4.90. The van der Waals surface area contributed by atoms with Crippen LogP contribution in [0.15, 0.2) is 12.1 Å². The summed E-state index contributed by atoms with van der Waals surface area (Å²) in [4.78, 5) is 18.0. The number of β-amino-alcohol motifs (C(OH)–C–C–N with tert-alkyl or cyclic N) is 1. The highest BCUT2D eigenvalue weighted by molar-refractivity contribution is 5.92. The minimum Gasteiger partial charge on any atom is -0.456 e. The van der Waals surface area contributed by atoms with Crippen LogP contribution in [0.2, 0.25) is 0 Å². The summed E-state index contributed by atoms with van der Waals surface area (Å²) in [6, 6.07) is 3.65. The van der Waals surface area contributed by atoms with Gasteiger partial charge >= 0.3 is 5.97 Å². The van der Waals surface area contributed by atoms with Crippen molar-refractivity contribution in [2.24, 2.45) is 0 Å². The highest BCUT2D eigenvalue weighted by Gasteiger charge is 2.23. The van der Waals surface area contributed by atoms with Gasteiger partial charge in [0.2, 0.25) is 0 Å². The molecule has 0 aliphatic carbocycles. The Bertz CT molecular complexity index is 475. The van der Waals surface area contributed by atoms with Crippen LogP contribution in [0.1, 0.15) is 34.6 Å². The van der Waals surface area contributed by atoms with Gasteiger partial charge in [-0.15, -0.1) is 0 Å². The van der Waals surface area contributed by atoms with E-state index in [1.807, 2.05) is 6.07 Å². The number of likely N-dealkylation sites (tertiary alicyclic amines) is 1. The number of nitrogens with zero attached hydrogens (tertiary/aromatic N) is 2. The van der Waals surface area contributed by atoms with Gasteiger partial charge in [0, 0.05) is 13.1 Å². The van der Waals surface area contributed by atoms with Crippen molar-refractivity contribution in [2.45, 2.75) is 32.1 Å². The molecule has 1 aromatic rings. The molecule has 1 aromatic heterocycles. The van der Waals surface area contributed by atoms with E-state index in [-0.39, 0.29) is 18.7 Å². The molecule has 3 heterocycles. The molecular formula is C13H16N2O3. The fourth-order valence-electron chi connectivity index (χ4n) is 2.55. The first-order valence-electron chi connectivity index (χ1n) is 6.29. The maximum absolute atomic E-state index is 11.3. The number of ether oxygens (including phenoxy) is 1. The second-order valence-corrected chi connectivity index (χ2v) is 4.90. The lowest BCUT2D eigenvalue weighted by Crippen LogP contribution is -2.37. The molecule has 0 amide bonds. The van der Waals surface area contributed by atoms with E-state index in [0.717, 1.165) is 37.3 Å². The molecule has 5 heteroatoms. The lowest BCUT2D eigenvalue weighted by molar-refractivity contribution is 0.0532. The van der Waals surface area contributed by atoms with Crippen molar-refractivity contribution in [3.63, 3.8) is 0 Å². The number of esters is 1. The van der Waals surface area contributed by atoms with E-state index < -0.39 is 0 Å². The Balaban J connectivity index is 1.72. The van der Waals surface area contributed by atoms with Crippen LogP contribution >= 0.6 is 0 Å². The molecule has 3 rings (SSSR count). The molecule has 1 atom stereocenters. The Kier molecular flexibility index (Phi) is 3.01. The number of carbonyl (C=O) groups is 1. The summed E-state index contributed by atoms with van der Waals surface area (Å²) >= 11 is 0. The third kappa shape index (κ3) is 2.23. The molecule has 0 spiro atoms. The molecule has 1 unspecified atom stereocenters. The molecule has 1 N–H and O–H groups in total. The van der Waals surface area contributed by atoms with Crippen molar-refractivity contribution < 1.29 is 14.6 Å². The summed E-state index contributed by atoms with van der Waals surface area (Å²) < 4.78 is 4.93. The number of carbonyl (C=O) groups excluding carboxylic acids is 1. The zero-order chi connectivity index (χ0) is 12.5. The fraction of sp³-hybridized carbons (Fsp3) is 0.538. The predicted molar refractivity (Wildman–Crippen MR) is 63.9 cm³/mol. The van der Waals surface area contributed by atoms with Crippen LogP contribution in [0, 0.1) is 0 Å². The van der Waals surface area contributed by atoms with Gasteiger partial charge in [0.1, 0.15) is 6.61 Å². The summed E-state index contributed by atoms with van der Waals surface area (Å²) in [5, 5.41) is 9.62. The van der Waals surface area contributed by atoms with Gasteiger partial charge < -0.3 is 9.84 Å². The number of cyclic esters (lactones) is 1. The molecule has 0 aromatic carbocycles. The molecule has 2 aliphatic heterocycles. The molecule has 0 bridgehead atoms. The zero-order valence-corrected chi connectivity index (χ0v) is 10.1. The molecule has 1 saturated heterocycles. The lowest BCUT2D eigenvalue weighted by atomic mass is 10.1. The van der Waals surface area contributed by atoms with Gasteiger partial charge in [-0.25, -0.2) is 4.79 Å². The second kappa shape index (κ2) is 4.66. The number of fused-ring (bicyclic) bond motifs is 1. The smallest absolute Gasteiger partial charge is 0.340 e. The van der Waals surface area contributed by atoms with Gasteiger partial charge in [-0.3, -0.25) is 9.88 Å². The number of hydrogen-bond acceptors (Lipinski definition) is 5. The maximum Gasteiger partial charge on any atom is 0.340 e. The van der Waals surface area contributed by atoms with Crippen LogP contribution in [0.5, 0.6) is 0 Å². The van der Waals surface area contributed by atoms with Crippen LogP contribution in [-0.2, 0) is 17.9 Å². The molecular weight excluding hydrogens is 232 g/mol. The van der Waals surface area contributed by atoms with Crippen LogP contribution in [-0.4, -0.2) is 40.2 Å². The highest BCUT2D eigenvalue weighted by Crippen LogP contribution is 2.19. The molecule has 5 nitrogen and oxygen atoms in total. The Morgan fingerprint density at radius 3 is 3.22 bits per heavy atom. The summed E-state index contributed by atoms with van der Waals surface area (Å²) in [7, 11) is 0. The summed E-state index contributed by atoms with van der Waals surface area (Å²) in [5.74, 6) is -0.280. The van der Waals surface area contributed by atoms with Crippen molar-refractivity contribution in [1.82, 2.24) is 9.88 Å². The van der Waals surface area contributed by atoms with E-state index in [4.69, 9.17) is 4.74 Å². The van der Waals surface area contributed by atoms with Crippen molar-refractivity contribution in [1.29, 1.82) is 0 Å².